The second-order valence-electron chi connectivity index (χ2n) is 13.8. The summed E-state index contributed by atoms with van der Waals surface area (Å²) in [4.78, 5) is 22.5. The van der Waals surface area contributed by atoms with E-state index in [1.54, 1.807) is 14.0 Å². The molecule has 289 valence electrons. The molecule has 3 aliphatic rings. The predicted octanol–water partition coefficient (Wildman–Crippen LogP) is -0.339. The number of aryl methyl sites for hydroxylation is 1. The van der Waals surface area contributed by atoms with Crippen molar-refractivity contribution in [3.05, 3.63) is 11.4 Å². The molecule has 2 fully saturated rings. The largest absolute Gasteiger partial charge is 0.449 e. The summed E-state index contributed by atoms with van der Waals surface area (Å²) in [5, 5.41) is 33.5. The van der Waals surface area contributed by atoms with Crippen LogP contribution in [0.5, 0.6) is 0 Å². The number of nitrogens with one attached hydrogen (secondary N) is 1. The summed E-state index contributed by atoms with van der Waals surface area (Å²) in [6, 6.07) is -1.21. The third kappa shape index (κ3) is 12.4. The van der Waals surface area contributed by atoms with Gasteiger partial charge in [-0.3, -0.25) is 4.57 Å². The number of carbonyl (C=O) groups is 1. The van der Waals surface area contributed by atoms with Crippen molar-refractivity contribution >= 4 is 39.6 Å². The third-order valence-corrected chi connectivity index (χ3v) is 10.3. The van der Waals surface area contributed by atoms with Crippen LogP contribution in [-0.2, 0) is 56.9 Å². The number of methoxy groups -OCH3 is 1. The molecule has 9 unspecified atom stereocenters. The summed E-state index contributed by atoms with van der Waals surface area (Å²) >= 11 is 0. The Morgan fingerprint density at radius 2 is 1.80 bits per heavy atom. The molecule has 1 aliphatic heterocycles. The Hall–Kier alpha value is -1.16. The van der Waals surface area contributed by atoms with E-state index in [2.05, 4.69) is 15.6 Å². The number of aromatic nitrogens is 3. The second kappa shape index (κ2) is 20.5. The molecular weight excluding hydrogens is 703 g/mol. The maximum Gasteiger partial charge on any atom is 0.407 e. The number of rotatable bonds is 20. The lowest BCUT2D eigenvalue weighted by atomic mass is 9.92. The van der Waals surface area contributed by atoms with Crippen LogP contribution in [0.1, 0.15) is 58.3 Å². The molecule has 4 N–H and O–H groups in total. The van der Waals surface area contributed by atoms with E-state index < -0.39 is 56.8 Å². The van der Waals surface area contributed by atoms with Gasteiger partial charge in [0.05, 0.1) is 75.8 Å². The fraction of sp³-hybridized carbons (Fsp3) is 0.903. The maximum absolute atomic E-state index is 12.1. The highest BCUT2D eigenvalue weighted by Crippen LogP contribution is 2.53. The van der Waals surface area contributed by atoms with Crippen molar-refractivity contribution in [1.29, 1.82) is 0 Å². The van der Waals surface area contributed by atoms with E-state index in [-0.39, 0.29) is 24.0 Å². The Kier molecular flexibility index (Phi) is 17.8. The van der Waals surface area contributed by atoms with Gasteiger partial charge < -0.3 is 53.4 Å². The number of carbonyl (C=O) groups excluding carboxylic acids is 1. The Morgan fingerprint density at radius 3 is 2.49 bits per heavy atom. The van der Waals surface area contributed by atoms with Gasteiger partial charge in [-0.1, -0.05) is 12.1 Å². The fourth-order valence-corrected chi connectivity index (χ4v) is 7.06. The van der Waals surface area contributed by atoms with E-state index in [9.17, 15) is 19.6 Å². The van der Waals surface area contributed by atoms with Crippen LogP contribution in [0.15, 0.2) is 0 Å². The van der Waals surface area contributed by atoms with Crippen molar-refractivity contribution in [2.24, 2.45) is 17.8 Å². The minimum atomic E-state index is -3.26. The molecule has 0 bridgehead atoms. The van der Waals surface area contributed by atoms with E-state index in [1.807, 2.05) is 25.5 Å². The van der Waals surface area contributed by atoms with Gasteiger partial charge in [0.2, 0.25) is 0 Å². The summed E-state index contributed by atoms with van der Waals surface area (Å²) in [5.74, 6) is 1.36. The highest BCUT2D eigenvalue weighted by atomic mass is 31.1. The van der Waals surface area contributed by atoms with Crippen LogP contribution in [0.3, 0.4) is 0 Å². The molecular formula is C31H57AlBN5O12P. The quantitative estimate of drug-likeness (QED) is 0.0763. The molecule has 1 aromatic heterocycles. The topological polar surface area (TPSA) is 205 Å². The zero-order valence-electron chi connectivity index (χ0n) is 30.8. The molecule has 2 aliphatic carbocycles. The second-order valence-corrected chi connectivity index (χ2v) is 14.6. The van der Waals surface area contributed by atoms with Crippen LogP contribution in [0.2, 0.25) is 0 Å². The Balaban J connectivity index is 0.00000702. The smallest absolute Gasteiger partial charge is 0.407 e. The van der Waals surface area contributed by atoms with E-state index in [0.717, 1.165) is 37.1 Å². The minimum Gasteiger partial charge on any atom is -0.449 e. The number of alkyl carbamates (subject to hydrolysis) is 1. The van der Waals surface area contributed by atoms with Crippen molar-refractivity contribution in [2.75, 3.05) is 59.9 Å². The Bertz CT molecular complexity index is 1260. The van der Waals surface area contributed by atoms with E-state index in [1.165, 1.54) is 4.90 Å². The van der Waals surface area contributed by atoms with Crippen LogP contribution < -0.4 is 5.32 Å². The summed E-state index contributed by atoms with van der Waals surface area (Å²) in [7, 11) is 4.32. The SMILES string of the molecule is [AlH2].[B]C1OC(CO[PH](=O)O)C(O)N(C(C)(CC)OCC(C)(C)OCCn2nnc3c2CCC2C(CC3)C2COC(=O)NCCOCCOC)C1O. The lowest BCUT2D eigenvalue weighted by molar-refractivity contribution is -0.326. The van der Waals surface area contributed by atoms with Crippen LogP contribution >= 0.6 is 8.25 Å². The first-order valence-corrected chi connectivity index (χ1v) is 18.6. The zero-order valence-corrected chi connectivity index (χ0v) is 33.8. The molecule has 1 aromatic rings. The number of fused-ring (bicyclic) bond motifs is 2. The van der Waals surface area contributed by atoms with Gasteiger partial charge in [0, 0.05) is 13.7 Å². The molecule has 51 heavy (non-hydrogen) atoms. The standard InChI is InChI=1S/C31H55BN5O12P.Al.2H/c1-6-31(4,37-27(38)25(18-48-50(41)42)49-26(32)28(37)39)47-19-30(2,3)46-14-12-36-24-10-8-21-20(7-9-23(24)34-35-36)22(21)17-45-29(40)33-11-13-44-16-15-43-5;;;/h20-22,25-28,38-39,50H,6-19H2,1-5H3,(H,33,40)(H,41,42);;;. The van der Waals surface area contributed by atoms with E-state index >= 15 is 0 Å². The molecule has 1 amide bonds. The highest BCUT2D eigenvalue weighted by Gasteiger charge is 2.51. The number of amides is 1. The number of nitrogens with zero attached hydrogens (tertiary/aromatic N) is 4. The first kappa shape index (κ1) is 44.2. The minimum absolute atomic E-state index is 0. The maximum atomic E-state index is 12.1. The van der Waals surface area contributed by atoms with Crippen LogP contribution in [0.25, 0.3) is 0 Å². The molecule has 20 heteroatoms. The van der Waals surface area contributed by atoms with Gasteiger partial charge in [-0.05, 0) is 70.6 Å². The summed E-state index contributed by atoms with van der Waals surface area (Å²) in [6.07, 6.45) is -0.400. The van der Waals surface area contributed by atoms with Gasteiger partial charge in [-0.25, -0.2) is 14.4 Å². The number of morpholine rings is 1. The van der Waals surface area contributed by atoms with Crippen molar-refractivity contribution in [2.45, 2.75) is 102 Å². The first-order valence-electron chi connectivity index (χ1n) is 17.4. The molecule has 0 spiro atoms. The highest BCUT2D eigenvalue weighted by molar-refractivity contribution is 7.32. The fourth-order valence-electron chi connectivity index (χ4n) is 6.76. The number of aliphatic hydroxyl groups is 2. The van der Waals surface area contributed by atoms with Gasteiger partial charge >= 0.3 is 14.3 Å². The van der Waals surface area contributed by atoms with Crippen molar-refractivity contribution < 1.29 is 57.4 Å². The van der Waals surface area contributed by atoms with Gasteiger partial charge in [0.15, 0.2) is 0 Å². The van der Waals surface area contributed by atoms with Gasteiger partial charge in [0.25, 0.3) is 0 Å². The van der Waals surface area contributed by atoms with Crippen LogP contribution in [0, 0.1) is 17.8 Å². The number of aliphatic hydroxyl groups excluding tert-OH is 2. The number of ether oxygens (including phenoxy) is 6. The van der Waals surface area contributed by atoms with Crippen molar-refractivity contribution in [3.63, 3.8) is 0 Å². The zero-order chi connectivity index (χ0) is 36.5. The number of hydrogen-bond donors (Lipinski definition) is 4. The van der Waals surface area contributed by atoms with Crippen LogP contribution in [-0.4, -0.2) is 162 Å². The van der Waals surface area contributed by atoms with Gasteiger partial charge in [0.1, 0.15) is 49.5 Å². The first-order chi connectivity index (χ1) is 23.8. The third-order valence-electron chi connectivity index (χ3n) is 9.84. The lowest BCUT2D eigenvalue weighted by Crippen LogP contribution is -2.69. The average Bonchev–Trinajstić information content (AvgIpc) is 3.58. The van der Waals surface area contributed by atoms with Gasteiger partial charge in [-0.15, -0.1) is 5.10 Å². The molecule has 1 saturated carbocycles. The normalized spacial score (nSPS) is 28.3. The predicted molar refractivity (Wildman–Crippen MR) is 188 cm³/mol. The molecule has 9 atom stereocenters. The number of hydrogen-bond acceptors (Lipinski definition) is 14. The molecule has 3 radical (unpaired) electrons. The summed E-state index contributed by atoms with van der Waals surface area (Å²) in [5.41, 5.74) is 0.150. The lowest BCUT2D eigenvalue weighted by Gasteiger charge is -2.52. The molecule has 2 heterocycles. The molecule has 0 aromatic carbocycles. The average molecular weight is 761 g/mol. The molecule has 17 nitrogen and oxygen atoms in total. The summed E-state index contributed by atoms with van der Waals surface area (Å²) < 4.78 is 51.5. The molecule has 4 rings (SSSR count). The Morgan fingerprint density at radius 1 is 1.08 bits per heavy atom. The Labute approximate surface area is 312 Å². The van der Waals surface area contributed by atoms with E-state index in [4.69, 9.17) is 45.7 Å². The summed E-state index contributed by atoms with van der Waals surface area (Å²) in [6.45, 7) is 10.1. The van der Waals surface area contributed by atoms with Gasteiger partial charge in [-0.2, -0.15) is 0 Å². The monoisotopic (exact) mass is 760 g/mol. The van der Waals surface area contributed by atoms with Crippen molar-refractivity contribution in [3.8, 4) is 0 Å². The molecule has 1 saturated heterocycles. The van der Waals surface area contributed by atoms with E-state index in [0.29, 0.717) is 70.3 Å². The van der Waals surface area contributed by atoms with Crippen molar-refractivity contribution in [1.82, 2.24) is 25.2 Å². The van der Waals surface area contributed by atoms with Crippen LogP contribution in [0.4, 0.5) is 4.79 Å².